The molecule has 0 atom stereocenters. The van der Waals surface area contributed by atoms with Gasteiger partial charge in [0.15, 0.2) is 0 Å². The SMILES string of the molecule is Cc1ccc(N2NC(=O)/C(=C/c3cc([N+](=O)[O-])ccc3N(C)C)C2=O)cc1C. The van der Waals surface area contributed by atoms with Crippen LogP contribution in [-0.4, -0.2) is 30.8 Å². The summed E-state index contributed by atoms with van der Waals surface area (Å²) >= 11 is 0. The van der Waals surface area contributed by atoms with Crippen LogP contribution < -0.4 is 15.3 Å². The van der Waals surface area contributed by atoms with E-state index in [1.54, 1.807) is 31.1 Å². The quantitative estimate of drug-likeness (QED) is 0.381. The summed E-state index contributed by atoms with van der Waals surface area (Å²) in [6.07, 6.45) is 1.39. The number of nitro benzene ring substituents is 1. The van der Waals surface area contributed by atoms with Crippen molar-refractivity contribution in [3.05, 3.63) is 68.8 Å². The number of nitrogens with one attached hydrogen (secondary N) is 1. The number of nitro groups is 1. The van der Waals surface area contributed by atoms with Crippen LogP contribution in [0.4, 0.5) is 17.1 Å². The molecule has 0 unspecified atom stereocenters. The van der Waals surface area contributed by atoms with Gasteiger partial charge in [-0.1, -0.05) is 6.07 Å². The van der Waals surface area contributed by atoms with Crippen molar-refractivity contribution < 1.29 is 14.5 Å². The van der Waals surface area contributed by atoms with E-state index in [-0.39, 0.29) is 11.3 Å². The predicted molar refractivity (Wildman–Crippen MR) is 107 cm³/mol. The number of hydrogen-bond donors (Lipinski definition) is 1. The van der Waals surface area contributed by atoms with Crippen molar-refractivity contribution in [3.8, 4) is 0 Å². The maximum Gasteiger partial charge on any atom is 0.282 e. The van der Waals surface area contributed by atoms with Crippen LogP contribution in [0, 0.1) is 24.0 Å². The fourth-order valence-corrected chi connectivity index (χ4v) is 2.94. The van der Waals surface area contributed by atoms with Crippen molar-refractivity contribution in [3.63, 3.8) is 0 Å². The third kappa shape index (κ3) is 3.44. The van der Waals surface area contributed by atoms with Crippen LogP contribution in [0.25, 0.3) is 6.08 Å². The number of carbonyl (C=O) groups is 2. The Hall–Kier alpha value is -3.68. The molecule has 28 heavy (non-hydrogen) atoms. The second kappa shape index (κ2) is 7.15. The predicted octanol–water partition coefficient (Wildman–Crippen LogP) is 2.74. The molecule has 1 fully saturated rings. The minimum absolute atomic E-state index is 0.0816. The minimum Gasteiger partial charge on any atom is -0.377 e. The Labute approximate surface area is 162 Å². The van der Waals surface area contributed by atoms with E-state index >= 15 is 0 Å². The van der Waals surface area contributed by atoms with E-state index in [1.165, 1.54) is 23.2 Å². The fourth-order valence-electron chi connectivity index (χ4n) is 2.94. The van der Waals surface area contributed by atoms with E-state index in [9.17, 15) is 19.7 Å². The molecular formula is C20H20N4O4. The van der Waals surface area contributed by atoms with Crippen molar-refractivity contribution in [2.45, 2.75) is 13.8 Å². The molecule has 0 saturated carbocycles. The highest BCUT2D eigenvalue weighted by Gasteiger charge is 2.35. The molecule has 1 aliphatic rings. The molecule has 0 radical (unpaired) electrons. The van der Waals surface area contributed by atoms with E-state index in [1.807, 2.05) is 26.0 Å². The van der Waals surface area contributed by atoms with E-state index in [0.717, 1.165) is 11.1 Å². The molecule has 1 N–H and O–H groups in total. The van der Waals surface area contributed by atoms with E-state index in [0.29, 0.717) is 16.9 Å². The molecule has 1 aliphatic heterocycles. The molecule has 0 aromatic heterocycles. The first-order valence-corrected chi connectivity index (χ1v) is 8.59. The number of amides is 2. The molecule has 2 aromatic carbocycles. The van der Waals surface area contributed by atoms with Crippen molar-refractivity contribution in [1.82, 2.24) is 5.43 Å². The number of hydrazine groups is 1. The Balaban J connectivity index is 2.04. The van der Waals surface area contributed by atoms with Crippen molar-refractivity contribution >= 4 is 35.0 Å². The van der Waals surface area contributed by atoms with Crippen molar-refractivity contribution in [2.75, 3.05) is 24.0 Å². The summed E-state index contributed by atoms with van der Waals surface area (Å²) in [6.45, 7) is 3.88. The van der Waals surface area contributed by atoms with Crippen LogP contribution in [0.15, 0.2) is 42.0 Å². The number of anilines is 2. The maximum atomic E-state index is 12.8. The van der Waals surface area contributed by atoms with E-state index < -0.39 is 16.7 Å². The van der Waals surface area contributed by atoms with Crippen LogP contribution in [0.5, 0.6) is 0 Å². The standard InChI is InChI=1S/C20H20N4O4/c1-12-5-6-15(9-13(12)2)23-20(26)17(19(25)21-23)11-14-10-16(24(27)28)7-8-18(14)22(3)4/h5-11H,1-4H3,(H,21,25)/b17-11-. The van der Waals surface area contributed by atoms with Crippen LogP contribution >= 0.6 is 0 Å². The van der Waals surface area contributed by atoms with Gasteiger partial charge in [-0.2, -0.15) is 0 Å². The first kappa shape index (κ1) is 19.1. The van der Waals surface area contributed by atoms with Gasteiger partial charge in [-0.15, -0.1) is 0 Å². The van der Waals surface area contributed by atoms with Gasteiger partial charge in [-0.25, -0.2) is 5.01 Å². The Kier molecular flexibility index (Phi) is 4.87. The Bertz CT molecular complexity index is 1030. The number of hydrogen-bond acceptors (Lipinski definition) is 5. The summed E-state index contributed by atoms with van der Waals surface area (Å²) in [5.41, 5.74) is 6.04. The highest BCUT2D eigenvalue weighted by molar-refractivity contribution is 6.31. The summed E-state index contributed by atoms with van der Waals surface area (Å²) in [5, 5.41) is 12.3. The number of non-ortho nitro benzene ring substituents is 1. The fraction of sp³-hybridized carbons (Fsp3) is 0.200. The molecule has 0 bridgehead atoms. The van der Waals surface area contributed by atoms with Gasteiger partial charge in [0.05, 0.1) is 10.6 Å². The second-order valence-electron chi connectivity index (χ2n) is 6.80. The topological polar surface area (TPSA) is 95.8 Å². The smallest absolute Gasteiger partial charge is 0.282 e. The van der Waals surface area contributed by atoms with E-state index in [2.05, 4.69) is 5.43 Å². The van der Waals surface area contributed by atoms with Crippen molar-refractivity contribution in [1.29, 1.82) is 0 Å². The van der Waals surface area contributed by atoms with E-state index in [4.69, 9.17) is 0 Å². The summed E-state index contributed by atoms with van der Waals surface area (Å²) in [4.78, 5) is 37.6. The Morgan fingerprint density at radius 1 is 1.07 bits per heavy atom. The van der Waals surface area contributed by atoms with Gasteiger partial charge in [0, 0.05) is 37.5 Å². The van der Waals surface area contributed by atoms with Crippen molar-refractivity contribution in [2.24, 2.45) is 0 Å². The summed E-state index contributed by atoms with van der Waals surface area (Å²) < 4.78 is 0. The van der Waals surface area contributed by atoms with Gasteiger partial charge < -0.3 is 4.90 Å². The summed E-state index contributed by atoms with van der Waals surface area (Å²) in [5.74, 6) is -1.07. The van der Waals surface area contributed by atoms with Gasteiger partial charge in [-0.05, 0) is 49.2 Å². The number of aryl methyl sites for hydroxylation is 2. The number of carbonyl (C=O) groups excluding carboxylic acids is 2. The minimum atomic E-state index is -0.556. The number of nitrogens with zero attached hydrogens (tertiary/aromatic N) is 3. The highest BCUT2D eigenvalue weighted by atomic mass is 16.6. The third-order valence-corrected chi connectivity index (χ3v) is 4.64. The molecule has 2 amide bonds. The zero-order valence-corrected chi connectivity index (χ0v) is 16.0. The maximum absolute atomic E-state index is 12.8. The molecule has 2 aromatic rings. The van der Waals surface area contributed by atoms with Gasteiger partial charge in [0.2, 0.25) is 0 Å². The van der Waals surface area contributed by atoms with Gasteiger partial charge in [-0.3, -0.25) is 25.1 Å². The normalized spacial score (nSPS) is 15.1. The molecule has 1 saturated heterocycles. The molecule has 144 valence electrons. The lowest BCUT2D eigenvalue weighted by Crippen LogP contribution is -2.35. The van der Waals surface area contributed by atoms with Crippen LogP contribution in [0.2, 0.25) is 0 Å². The van der Waals surface area contributed by atoms with Gasteiger partial charge in [0.25, 0.3) is 17.5 Å². The number of benzene rings is 2. The van der Waals surface area contributed by atoms with Gasteiger partial charge in [0.1, 0.15) is 5.57 Å². The van der Waals surface area contributed by atoms with Crippen LogP contribution in [0.3, 0.4) is 0 Å². The Morgan fingerprint density at radius 2 is 1.79 bits per heavy atom. The largest absolute Gasteiger partial charge is 0.377 e. The Morgan fingerprint density at radius 3 is 2.39 bits per heavy atom. The first-order chi connectivity index (χ1) is 13.2. The highest BCUT2D eigenvalue weighted by Crippen LogP contribution is 2.29. The second-order valence-corrected chi connectivity index (χ2v) is 6.80. The van der Waals surface area contributed by atoms with Gasteiger partial charge >= 0.3 is 0 Å². The number of rotatable bonds is 4. The lowest BCUT2D eigenvalue weighted by molar-refractivity contribution is -0.384. The van der Waals surface area contributed by atoms with Crippen LogP contribution in [0.1, 0.15) is 16.7 Å². The molecule has 0 spiro atoms. The molecular weight excluding hydrogens is 360 g/mol. The molecule has 8 heteroatoms. The molecule has 1 heterocycles. The monoisotopic (exact) mass is 380 g/mol. The molecule has 3 rings (SSSR count). The molecule has 0 aliphatic carbocycles. The lowest BCUT2D eigenvalue weighted by atomic mass is 10.1. The molecule has 8 nitrogen and oxygen atoms in total. The lowest BCUT2D eigenvalue weighted by Gasteiger charge is -2.16. The third-order valence-electron chi connectivity index (χ3n) is 4.64. The average molecular weight is 380 g/mol. The summed E-state index contributed by atoms with van der Waals surface area (Å²) in [6, 6.07) is 9.76. The average Bonchev–Trinajstić information content (AvgIpc) is 2.92. The first-order valence-electron chi connectivity index (χ1n) is 8.59. The zero-order valence-electron chi connectivity index (χ0n) is 16.0. The van der Waals surface area contributed by atoms with Crippen LogP contribution in [-0.2, 0) is 9.59 Å². The zero-order chi connectivity index (χ0) is 20.6. The summed E-state index contributed by atoms with van der Waals surface area (Å²) in [7, 11) is 3.56.